The number of aryl methyl sites for hydroxylation is 1. The van der Waals surface area contributed by atoms with Crippen LogP contribution in [0.5, 0.6) is 0 Å². The van der Waals surface area contributed by atoms with Crippen molar-refractivity contribution in [3.05, 3.63) is 29.6 Å². The first-order chi connectivity index (χ1) is 9.26. The van der Waals surface area contributed by atoms with Gasteiger partial charge in [0.2, 0.25) is 0 Å². The third-order valence-electron chi connectivity index (χ3n) is 3.73. The fourth-order valence-electron chi connectivity index (χ4n) is 1.77. The quantitative estimate of drug-likeness (QED) is 0.777. The number of anilines is 1. The van der Waals surface area contributed by atoms with Crippen molar-refractivity contribution in [1.29, 1.82) is 0 Å². The van der Waals surface area contributed by atoms with Crippen molar-refractivity contribution in [3.63, 3.8) is 0 Å². The Balaban J connectivity index is 2.58. The van der Waals surface area contributed by atoms with Gasteiger partial charge in [-0.15, -0.1) is 0 Å². The average molecular weight is 282 g/mol. The second-order valence-electron chi connectivity index (χ2n) is 5.43. The Morgan fingerprint density at radius 2 is 2.15 bits per heavy atom. The molecule has 0 aliphatic rings. The number of hydrogen-bond donors (Lipinski definition) is 3. The summed E-state index contributed by atoms with van der Waals surface area (Å²) < 4.78 is 13.1. The van der Waals surface area contributed by atoms with Crippen LogP contribution in [0.15, 0.2) is 18.2 Å². The van der Waals surface area contributed by atoms with Crippen LogP contribution in [0.3, 0.4) is 0 Å². The van der Waals surface area contributed by atoms with Gasteiger partial charge in [-0.25, -0.2) is 9.18 Å². The molecule has 0 saturated heterocycles. The number of rotatable bonds is 5. The minimum atomic E-state index is -0.969. The van der Waals surface area contributed by atoms with Crippen molar-refractivity contribution >= 4 is 11.7 Å². The van der Waals surface area contributed by atoms with E-state index in [2.05, 4.69) is 10.6 Å². The molecule has 112 valence electrons. The maximum Gasteiger partial charge on any atom is 0.319 e. The number of benzene rings is 1. The minimum absolute atomic E-state index is 0.0682. The van der Waals surface area contributed by atoms with E-state index in [0.717, 1.165) is 12.0 Å². The van der Waals surface area contributed by atoms with Crippen molar-refractivity contribution in [3.8, 4) is 0 Å². The predicted octanol–water partition coefficient (Wildman–Crippen LogP) is 3.05. The van der Waals surface area contributed by atoms with Crippen molar-refractivity contribution in [2.75, 3.05) is 11.9 Å². The highest BCUT2D eigenvalue weighted by atomic mass is 19.1. The normalized spacial score (nSPS) is 15.3. The first-order valence-corrected chi connectivity index (χ1v) is 6.79. The predicted molar refractivity (Wildman–Crippen MR) is 78.2 cm³/mol. The summed E-state index contributed by atoms with van der Waals surface area (Å²) in [6.45, 7) is 7.52. The largest absolute Gasteiger partial charge is 0.388 e. The van der Waals surface area contributed by atoms with Gasteiger partial charge >= 0.3 is 6.03 Å². The van der Waals surface area contributed by atoms with Gasteiger partial charge in [0.15, 0.2) is 0 Å². The summed E-state index contributed by atoms with van der Waals surface area (Å²) in [6, 6.07) is 3.75. The van der Waals surface area contributed by atoms with Gasteiger partial charge in [-0.2, -0.15) is 0 Å². The lowest BCUT2D eigenvalue weighted by molar-refractivity contribution is 0.00827. The highest BCUT2D eigenvalue weighted by Gasteiger charge is 2.27. The number of halogens is 1. The molecule has 2 amide bonds. The molecule has 1 aromatic rings. The topological polar surface area (TPSA) is 61.4 Å². The van der Waals surface area contributed by atoms with Crippen LogP contribution in [0.2, 0.25) is 0 Å². The molecule has 4 nitrogen and oxygen atoms in total. The number of aliphatic hydroxyl groups is 1. The van der Waals surface area contributed by atoms with Crippen LogP contribution < -0.4 is 10.6 Å². The first kappa shape index (κ1) is 16.4. The van der Waals surface area contributed by atoms with E-state index in [1.54, 1.807) is 19.9 Å². The zero-order valence-electron chi connectivity index (χ0n) is 12.5. The molecule has 0 fully saturated rings. The second kappa shape index (κ2) is 6.70. The summed E-state index contributed by atoms with van der Waals surface area (Å²) in [6.07, 6.45) is 0.819. The summed E-state index contributed by atoms with van der Waals surface area (Å²) in [7, 11) is 0. The smallest absolute Gasteiger partial charge is 0.319 e. The Bertz CT molecular complexity index is 475. The Hall–Kier alpha value is -1.62. The molecule has 0 radical (unpaired) electrons. The molecule has 0 bridgehead atoms. The molecule has 2 atom stereocenters. The van der Waals surface area contributed by atoms with Gasteiger partial charge in [0, 0.05) is 12.2 Å². The summed E-state index contributed by atoms with van der Waals surface area (Å²) in [5, 5.41) is 15.4. The highest BCUT2D eigenvalue weighted by Crippen LogP contribution is 2.19. The maximum absolute atomic E-state index is 13.1. The van der Waals surface area contributed by atoms with E-state index in [9.17, 15) is 14.3 Å². The molecule has 2 unspecified atom stereocenters. The van der Waals surface area contributed by atoms with Gasteiger partial charge in [0.1, 0.15) is 5.82 Å². The van der Waals surface area contributed by atoms with E-state index >= 15 is 0 Å². The van der Waals surface area contributed by atoms with Gasteiger partial charge in [-0.05, 0) is 37.5 Å². The van der Waals surface area contributed by atoms with Crippen molar-refractivity contribution in [2.45, 2.75) is 39.7 Å². The SMILES string of the molecule is CCC(C)C(C)(O)CNC(=O)Nc1cc(F)ccc1C. The van der Waals surface area contributed by atoms with Gasteiger partial charge in [0.25, 0.3) is 0 Å². The molecule has 0 heterocycles. The van der Waals surface area contributed by atoms with Crippen LogP contribution in [0.1, 0.15) is 32.8 Å². The van der Waals surface area contributed by atoms with E-state index in [0.29, 0.717) is 5.69 Å². The number of carbonyl (C=O) groups is 1. The van der Waals surface area contributed by atoms with Crippen LogP contribution in [0, 0.1) is 18.7 Å². The minimum Gasteiger partial charge on any atom is -0.388 e. The lowest BCUT2D eigenvalue weighted by Crippen LogP contribution is -2.46. The molecule has 3 N–H and O–H groups in total. The highest BCUT2D eigenvalue weighted by molar-refractivity contribution is 5.90. The van der Waals surface area contributed by atoms with E-state index in [-0.39, 0.29) is 12.5 Å². The summed E-state index contributed by atoms with van der Waals surface area (Å²) in [4.78, 5) is 11.8. The molecule has 5 heteroatoms. The summed E-state index contributed by atoms with van der Waals surface area (Å²) >= 11 is 0. The first-order valence-electron chi connectivity index (χ1n) is 6.79. The van der Waals surface area contributed by atoms with Crippen LogP contribution in [-0.2, 0) is 0 Å². The molecule has 0 aliphatic carbocycles. The Kier molecular flexibility index (Phi) is 5.51. The molecule has 0 saturated carbocycles. The van der Waals surface area contributed by atoms with Gasteiger partial charge in [-0.3, -0.25) is 0 Å². The number of carbonyl (C=O) groups excluding carboxylic acids is 1. The van der Waals surface area contributed by atoms with Crippen LogP contribution in [0.25, 0.3) is 0 Å². The lowest BCUT2D eigenvalue weighted by atomic mass is 9.89. The molecule has 0 aromatic heterocycles. The number of nitrogens with one attached hydrogen (secondary N) is 2. The van der Waals surface area contributed by atoms with Crippen molar-refractivity contribution in [2.24, 2.45) is 5.92 Å². The Labute approximate surface area is 119 Å². The third kappa shape index (κ3) is 4.49. The fourth-order valence-corrected chi connectivity index (χ4v) is 1.77. The van der Waals surface area contributed by atoms with Crippen LogP contribution in [0.4, 0.5) is 14.9 Å². The Morgan fingerprint density at radius 3 is 2.75 bits per heavy atom. The lowest BCUT2D eigenvalue weighted by Gasteiger charge is -2.29. The average Bonchev–Trinajstić information content (AvgIpc) is 2.39. The molecular formula is C15H23FN2O2. The summed E-state index contributed by atoms with van der Waals surface area (Å²) in [5.74, 6) is -0.337. The van der Waals surface area contributed by atoms with E-state index < -0.39 is 17.4 Å². The number of hydrogen-bond acceptors (Lipinski definition) is 2. The van der Waals surface area contributed by atoms with Gasteiger partial charge in [0.05, 0.1) is 5.60 Å². The van der Waals surface area contributed by atoms with Crippen LogP contribution in [-0.4, -0.2) is 23.3 Å². The number of urea groups is 1. The van der Waals surface area contributed by atoms with Gasteiger partial charge in [-0.1, -0.05) is 26.3 Å². The molecule has 0 aliphatic heterocycles. The number of amides is 2. The molecule has 20 heavy (non-hydrogen) atoms. The van der Waals surface area contributed by atoms with Gasteiger partial charge < -0.3 is 15.7 Å². The summed E-state index contributed by atoms with van der Waals surface area (Å²) in [5.41, 5.74) is 0.226. The molecule has 0 spiro atoms. The second-order valence-corrected chi connectivity index (χ2v) is 5.43. The zero-order valence-corrected chi connectivity index (χ0v) is 12.5. The van der Waals surface area contributed by atoms with Crippen molar-refractivity contribution in [1.82, 2.24) is 5.32 Å². The van der Waals surface area contributed by atoms with Crippen molar-refractivity contribution < 1.29 is 14.3 Å². The standard InChI is InChI=1S/C15H23FN2O2/c1-5-11(3)15(4,20)9-17-14(19)18-13-8-12(16)7-6-10(13)2/h6-8,11,20H,5,9H2,1-4H3,(H2,17,18,19). The van der Waals surface area contributed by atoms with E-state index in [1.807, 2.05) is 13.8 Å². The fraction of sp³-hybridized carbons (Fsp3) is 0.533. The van der Waals surface area contributed by atoms with E-state index in [1.165, 1.54) is 12.1 Å². The zero-order chi connectivity index (χ0) is 15.3. The van der Waals surface area contributed by atoms with Crippen LogP contribution >= 0.6 is 0 Å². The molecular weight excluding hydrogens is 259 g/mol. The monoisotopic (exact) mass is 282 g/mol. The Morgan fingerprint density at radius 1 is 1.50 bits per heavy atom. The maximum atomic E-state index is 13.1. The third-order valence-corrected chi connectivity index (χ3v) is 3.73. The molecule has 1 rings (SSSR count). The van der Waals surface area contributed by atoms with E-state index in [4.69, 9.17) is 0 Å². The molecule has 1 aromatic carbocycles.